The number of amides is 1. The van der Waals surface area contributed by atoms with E-state index in [9.17, 15) is 23.9 Å². The first-order chi connectivity index (χ1) is 30.3. The van der Waals surface area contributed by atoms with Crippen LogP contribution in [-0.2, 0) is 61.8 Å². The summed E-state index contributed by atoms with van der Waals surface area (Å²) < 4.78 is 23.7. The third-order valence-electron chi connectivity index (χ3n) is 9.04. The van der Waals surface area contributed by atoms with Gasteiger partial charge in [-0.2, -0.15) is 0 Å². The van der Waals surface area contributed by atoms with Crippen molar-refractivity contribution in [3.05, 3.63) is 118 Å². The van der Waals surface area contributed by atoms with Gasteiger partial charge in [0.2, 0.25) is 0 Å². The first kappa shape index (κ1) is 56.4. The van der Waals surface area contributed by atoms with Crippen molar-refractivity contribution < 1.29 is 72.4 Å². The number of ether oxygens (including phenoxy) is 2. The summed E-state index contributed by atoms with van der Waals surface area (Å²) in [6.07, 6.45) is -0.0757. The number of nitrogens with two attached hydrogens (primary N) is 2. The maximum atomic E-state index is 12.3. The minimum atomic E-state index is -1.95. The van der Waals surface area contributed by atoms with Crippen LogP contribution in [0.3, 0.4) is 0 Å². The number of rotatable bonds is 16. The van der Waals surface area contributed by atoms with Gasteiger partial charge in [-0.15, -0.1) is 0 Å². The monoisotopic (exact) mass is 948 g/mol. The standard InChI is InChI=1S/C22H28N4O4.C22H32N4O2.Na.HO4S2/c1-22(2,3)30-21(27)25-14-12-24(13-15-25)19-11-7-10-18(20(19)26(28)29)23-16-17-8-5-4-6-9-17;1-22(2,3)28-20(27)12-14-26(15-13-23)19-11-7-10-18(21(19)24)25-16-17-8-5-4-6-9-17;;1-3-4-6(2)5/h4-11,23H,12-16H2,1-3H3;4-11,25H,12-16,23-24H2,1-3H3;;1H/q;;+1;-1. The molecule has 4 aromatic carbocycles. The number of esters is 1. The van der Waals surface area contributed by atoms with Crippen LogP contribution in [0.2, 0.25) is 0 Å². The van der Waals surface area contributed by atoms with Crippen LogP contribution in [0.15, 0.2) is 97.1 Å². The van der Waals surface area contributed by atoms with Crippen LogP contribution < -0.4 is 61.5 Å². The molecule has 350 valence electrons. The van der Waals surface area contributed by atoms with E-state index in [0.29, 0.717) is 76.0 Å². The quantitative estimate of drug-likeness (QED) is 0.0199. The van der Waals surface area contributed by atoms with Crippen LogP contribution >= 0.6 is 0 Å². The Kier molecular flexibility index (Phi) is 24.5. The topological polar surface area (TPSA) is 237 Å². The van der Waals surface area contributed by atoms with Gasteiger partial charge in [0.1, 0.15) is 22.6 Å². The molecule has 0 unspecified atom stereocenters. The minimum absolute atomic E-state index is 0. The number of nitrogens with one attached hydrogen (secondary N) is 2. The Morgan fingerprint density at radius 2 is 1.34 bits per heavy atom. The SMILES string of the molecule is CC(C)(C)OC(=O)CCN(CCN)c1cccc(NCc2ccccc2)c1N.CC(C)(C)OC(=O)N1CCN(c2cccc(NCc3ccccc3)c2[N+](=O)[O-])CC1.O=[S-](=S)OOO.[Na+]. The second kappa shape index (κ2) is 28.3. The molecule has 0 atom stereocenters. The summed E-state index contributed by atoms with van der Waals surface area (Å²) in [4.78, 5) is 41.5. The van der Waals surface area contributed by atoms with Crippen molar-refractivity contribution in [3.63, 3.8) is 0 Å². The number of hydrogen-bond donors (Lipinski definition) is 5. The number of nitrogen functional groups attached to an aromatic ring is 1. The number of nitro benzene ring substituents is 1. The maximum Gasteiger partial charge on any atom is 1.00 e. The first-order valence-corrected chi connectivity index (χ1v) is 22.5. The van der Waals surface area contributed by atoms with E-state index in [1.165, 1.54) is 5.56 Å². The number of nitrogens with zero attached hydrogens (tertiary/aromatic N) is 4. The average molecular weight is 949 g/mol. The number of carbonyl (C=O) groups excluding carboxylic acids is 2. The van der Waals surface area contributed by atoms with Gasteiger partial charge in [0.15, 0.2) is 0 Å². The van der Waals surface area contributed by atoms with Crippen molar-refractivity contribution in [2.45, 2.75) is 72.3 Å². The summed E-state index contributed by atoms with van der Waals surface area (Å²) >= 11 is 3.84. The van der Waals surface area contributed by atoms with Gasteiger partial charge in [-0.3, -0.25) is 19.2 Å². The molecule has 1 aliphatic heterocycles. The zero-order chi connectivity index (χ0) is 47.3. The van der Waals surface area contributed by atoms with Crippen LogP contribution in [0.1, 0.15) is 59.1 Å². The Balaban J connectivity index is 0.000000392. The summed E-state index contributed by atoms with van der Waals surface area (Å²) in [5, 5.41) is 28.6. The third-order valence-corrected chi connectivity index (χ3v) is 9.37. The molecule has 21 heteroatoms. The Hall–Kier alpha value is -4.77. The number of hydrogen-bond acceptors (Lipinski definition) is 18. The van der Waals surface area contributed by atoms with Crippen LogP contribution in [0.4, 0.5) is 38.9 Å². The molecular weight excluding hydrogens is 888 g/mol. The molecule has 7 N–H and O–H groups in total. The van der Waals surface area contributed by atoms with E-state index in [0.717, 1.165) is 16.9 Å². The number of benzene rings is 4. The predicted octanol–water partition coefficient (Wildman–Crippen LogP) is 4.39. The molecule has 4 aromatic rings. The molecule has 1 amide bonds. The Bertz CT molecular complexity index is 2150. The molecule has 1 fully saturated rings. The number of nitro groups is 1. The number of carbonyl (C=O) groups is 2. The van der Waals surface area contributed by atoms with Gasteiger partial charge in [0.25, 0.3) is 0 Å². The second-order valence-electron chi connectivity index (χ2n) is 16.3. The Labute approximate surface area is 410 Å². The average Bonchev–Trinajstić information content (AvgIpc) is 3.24. The van der Waals surface area contributed by atoms with Crippen LogP contribution in [0.25, 0.3) is 0 Å². The molecular formula is C44H61N8NaO10S2. The number of para-hydroxylation sites is 2. The molecule has 0 aromatic heterocycles. The van der Waals surface area contributed by atoms with Gasteiger partial charge in [-0.25, -0.2) is 21.2 Å². The molecule has 1 heterocycles. The van der Waals surface area contributed by atoms with Gasteiger partial charge in [-0.05, 0) is 76.9 Å². The van der Waals surface area contributed by atoms with E-state index in [-0.39, 0.29) is 58.7 Å². The zero-order valence-electron chi connectivity index (χ0n) is 38.2. The molecule has 0 spiro atoms. The first-order valence-electron chi connectivity index (χ1n) is 20.5. The maximum absolute atomic E-state index is 12.3. The van der Waals surface area contributed by atoms with Crippen LogP contribution in [-0.4, -0.2) is 84.2 Å². The second-order valence-corrected chi connectivity index (χ2v) is 17.6. The van der Waals surface area contributed by atoms with Crippen LogP contribution in [0, 0.1) is 10.1 Å². The largest absolute Gasteiger partial charge is 1.00 e. The molecule has 0 radical (unpaired) electrons. The van der Waals surface area contributed by atoms with E-state index >= 15 is 0 Å². The molecule has 1 saturated heterocycles. The Morgan fingerprint density at radius 3 is 1.82 bits per heavy atom. The van der Waals surface area contributed by atoms with Gasteiger partial charge in [0, 0.05) is 58.9 Å². The van der Waals surface area contributed by atoms with Gasteiger partial charge >= 0.3 is 47.3 Å². The normalized spacial score (nSPS) is 12.3. The van der Waals surface area contributed by atoms with E-state index in [1.54, 1.807) is 17.0 Å². The van der Waals surface area contributed by atoms with Gasteiger partial charge in [-0.1, -0.05) is 87.5 Å². The molecule has 1 aliphatic rings. The fourth-order valence-electron chi connectivity index (χ4n) is 6.30. The third kappa shape index (κ3) is 20.9. The van der Waals surface area contributed by atoms with Gasteiger partial charge in [0.05, 0.1) is 28.4 Å². The van der Waals surface area contributed by atoms with E-state index < -0.39 is 20.8 Å². The summed E-state index contributed by atoms with van der Waals surface area (Å²) in [7, 11) is -1.95. The molecule has 18 nitrogen and oxygen atoms in total. The van der Waals surface area contributed by atoms with Crippen molar-refractivity contribution in [3.8, 4) is 0 Å². The van der Waals surface area contributed by atoms with E-state index in [2.05, 4.69) is 43.3 Å². The molecule has 5 rings (SSSR count). The zero-order valence-corrected chi connectivity index (χ0v) is 41.8. The van der Waals surface area contributed by atoms with Crippen molar-refractivity contribution in [1.82, 2.24) is 4.90 Å². The van der Waals surface area contributed by atoms with E-state index in [4.69, 9.17) is 26.2 Å². The summed E-state index contributed by atoms with van der Waals surface area (Å²) in [6.45, 7) is 15.7. The summed E-state index contributed by atoms with van der Waals surface area (Å²) in [5.74, 6) is -0.230. The minimum Gasteiger partial charge on any atom is -0.460 e. The predicted molar refractivity (Wildman–Crippen MR) is 253 cm³/mol. The molecule has 0 aliphatic carbocycles. The fraction of sp³-hybridized carbons (Fsp3) is 0.409. The van der Waals surface area contributed by atoms with Crippen LogP contribution in [0.5, 0.6) is 0 Å². The summed E-state index contributed by atoms with van der Waals surface area (Å²) in [6, 6.07) is 31.1. The number of anilines is 5. The van der Waals surface area contributed by atoms with Crippen molar-refractivity contribution in [2.24, 2.45) is 5.73 Å². The smallest absolute Gasteiger partial charge is 0.460 e. The molecule has 0 bridgehead atoms. The van der Waals surface area contributed by atoms with E-state index in [1.807, 2.05) is 124 Å². The van der Waals surface area contributed by atoms with Crippen molar-refractivity contribution in [1.29, 1.82) is 0 Å². The summed E-state index contributed by atoms with van der Waals surface area (Å²) in [5.41, 5.74) is 16.9. The molecule has 65 heavy (non-hydrogen) atoms. The van der Waals surface area contributed by atoms with Gasteiger partial charge < -0.3 is 50.5 Å². The number of piperazine rings is 1. The van der Waals surface area contributed by atoms with Crippen molar-refractivity contribution in [2.75, 3.05) is 72.0 Å². The fourth-order valence-corrected chi connectivity index (χ4v) is 6.42. The Morgan fingerprint density at radius 1 is 0.815 bits per heavy atom. The molecule has 0 saturated carbocycles. The van der Waals surface area contributed by atoms with Crippen molar-refractivity contribution >= 4 is 67.0 Å².